The number of alkyl halides is 3. The molecule has 0 aliphatic carbocycles. The predicted molar refractivity (Wildman–Crippen MR) is 119 cm³/mol. The van der Waals surface area contributed by atoms with E-state index in [0.29, 0.717) is 31.3 Å². The summed E-state index contributed by atoms with van der Waals surface area (Å²) in [6, 6.07) is 13.5. The van der Waals surface area contributed by atoms with Gasteiger partial charge < -0.3 is 24.8 Å². The van der Waals surface area contributed by atoms with E-state index in [0.717, 1.165) is 11.3 Å². The second-order valence-electron chi connectivity index (χ2n) is 5.92. The van der Waals surface area contributed by atoms with Crippen molar-refractivity contribution in [2.75, 3.05) is 27.4 Å². The number of methoxy groups -OCH3 is 1. The lowest BCUT2D eigenvalue weighted by atomic mass is 10.2. The first-order chi connectivity index (χ1) is 13.9. The fourth-order valence-corrected chi connectivity index (χ4v) is 2.41. The molecule has 0 aliphatic rings. The van der Waals surface area contributed by atoms with Gasteiger partial charge in [0.15, 0.2) is 5.96 Å². The SMILES string of the molecule is CN=C(NCc1ccc(OCCOC)cc1)NCc1ccccc1OC(F)(F)F.I. The summed E-state index contributed by atoms with van der Waals surface area (Å²) in [4.78, 5) is 4.08. The molecule has 2 aromatic rings. The molecule has 0 aliphatic heterocycles. The van der Waals surface area contributed by atoms with Crippen molar-refractivity contribution < 1.29 is 27.4 Å². The number of hydrogen-bond acceptors (Lipinski definition) is 4. The van der Waals surface area contributed by atoms with Gasteiger partial charge in [0.05, 0.1) is 6.61 Å². The Balaban J connectivity index is 0.00000450. The van der Waals surface area contributed by atoms with Gasteiger partial charge in [0, 0.05) is 32.8 Å². The normalized spacial score (nSPS) is 11.4. The number of nitrogens with one attached hydrogen (secondary N) is 2. The molecule has 0 radical (unpaired) electrons. The second kappa shape index (κ2) is 13.2. The molecule has 0 unspecified atom stereocenters. The molecular formula is C20H25F3IN3O3. The lowest BCUT2D eigenvalue weighted by Crippen LogP contribution is -2.36. The molecular weight excluding hydrogens is 514 g/mol. The van der Waals surface area contributed by atoms with Gasteiger partial charge >= 0.3 is 6.36 Å². The quantitative estimate of drug-likeness (QED) is 0.218. The number of halogens is 4. The molecule has 2 rings (SSSR count). The van der Waals surface area contributed by atoms with Crippen molar-refractivity contribution in [3.63, 3.8) is 0 Å². The van der Waals surface area contributed by atoms with E-state index in [9.17, 15) is 13.2 Å². The van der Waals surface area contributed by atoms with E-state index >= 15 is 0 Å². The fourth-order valence-electron chi connectivity index (χ4n) is 2.41. The van der Waals surface area contributed by atoms with Crippen LogP contribution in [-0.2, 0) is 17.8 Å². The molecule has 10 heteroatoms. The van der Waals surface area contributed by atoms with E-state index in [-0.39, 0.29) is 36.3 Å². The van der Waals surface area contributed by atoms with E-state index in [4.69, 9.17) is 9.47 Å². The van der Waals surface area contributed by atoms with Crippen molar-refractivity contribution >= 4 is 29.9 Å². The lowest BCUT2D eigenvalue weighted by Gasteiger charge is -2.15. The summed E-state index contributed by atoms with van der Waals surface area (Å²) in [6.45, 7) is 1.60. The highest BCUT2D eigenvalue weighted by molar-refractivity contribution is 14.0. The molecule has 0 heterocycles. The van der Waals surface area contributed by atoms with Crippen LogP contribution in [0.5, 0.6) is 11.5 Å². The van der Waals surface area contributed by atoms with Gasteiger partial charge in [0.1, 0.15) is 18.1 Å². The first-order valence-electron chi connectivity index (χ1n) is 8.90. The number of guanidine groups is 1. The summed E-state index contributed by atoms with van der Waals surface area (Å²) in [5.41, 5.74) is 1.36. The summed E-state index contributed by atoms with van der Waals surface area (Å²) in [5.74, 6) is 0.953. The fraction of sp³-hybridized carbons (Fsp3) is 0.350. The van der Waals surface area contributed by atoms with Crippen LogP contribution < -0.4 is 20.1 Å². The van der Waals surface area contributed by atoms with Crippen molar-refractivity contribution in [2.24, 2.45) is 4.99 Å². The molecule has 0 aromatic heterocycles. The minimum absolute atomic E-state index is 0. The highest BCUT2D eigenvalue weighted by Gasteiger charge is 2.31. The molecule has 0 saturated carbocycles. The molecule has 0 bridgehead atoms. The average molecular weight is 539 g/mol. The van der Waals surface area contributed by atoms with Gasteiger partial charge in [-0.25, -0.2) is 0 Å². The topological polar surface area (TPSA) is 64.1 Å². The van der Waals surface area contributed by atoms with Gasteiger partial charge in [-0.15, -0.1) is 37.1 Å². The Labute approximate surface area is 190 Å². The maximum atomic E-state index is 12.5. The Morgan fingerprint density at radius 3 is 2.27 bits per heavy atom. The zero-order valence-electron chi connectivity index (χ0n) is 16.7. The highest BCUT2D eigenvalue weighted by Crippen LogP contribution is 2.26. The summed E-state index contributed by atoms with van der Waals surface area (Å²) >= 11 is 0. The van der Waals surface area contributed by atoms with E-state index in [1.165, 1.54) is 12.1 Å². The van der Waals surface area contributed by atoms with Crippen LogP contribution in [0.4, 0.5) is 13.2 Å². The van der Waals surface area contributed by atoms with E-state index < -0.39 is 6.36 Å². The van der Waals surface area contributed by atoms with Crippen LogP contribution in [0.15, 0.2) is 53.5 Å². The van der Waals surface area contributed by atoms with Crippen LogP contribution in [0.25, 0.3) is 0 Å². The van der Waals surface area contributed by atoms with Crippen LogP contribution in [-0.4, -0.2) is 39.7 Å². The second-order valence-corrected chi connectivity index (χ2v) is 5.92. The third-order valence-corrected chi connectivity index (χ3v) is 3.81. The van der Waals surface area contributed by atoms with Gasteiger partial charge in [0.25, 0.3) is 0 Å². The Hall–Kier alpha value is -2.21. The summed E-state index contributed by atoms with van der Waals surface area (Å²) in [5, 5.41) is 6.09. The van der Waals surface area contributed by atoms with Crippen molar-refractivity contribution in [3.05, 3.63) is 59.7 Å². The van der Waals surface area contributed by atoms with Gasteiger partial charge in [-0.2, -0.15) is 0 Å². The molecule has 0 fully saturated rings. The molecule has 0 saturated heterocycles. The first-order valence-corrected chi connectivity index (χ1v) is 8.90. The maximum absolute atomic E-state index is 12.5. The summed E-state index contributed by atoms with van der Waals surface area (Å²) < 4.78 is 52.0. The van der Waals surface area contributed by atoms with Crippen molar-refractivity contribution in [1.29, 1.82) is 0 Å². The van der Waals surface area contributed by atoms with Crippen LogP contribution in [0.2, 0.25) is 0 Å². The summed E-state index contributed by atoms with van der Waals surface area (Å²) in [6.07, 6.45) is -4.74. The van der Waals surface area contributed by atoms with Gasteiger partial charge in [-0.1, -0.05) is 30.3 Å². The van der Waals surface area contributed by atoms with Crippen molar-refractivity contribution in [2.45, 2.75) is 19.5 Å². The third kappa shape index (κ3) is 9.53. The largest absolute Gasteiger partial charge is 0.573 e. The van der Waals surface area contributed by atoms with Gasteiger partial charge in [-0.05, 0) is 23.8 Å². The molecule has 2 aromatic carbocycles. The standard InChI is InChI=1S/C20H24F3N3O3.HI/c1-24-19(25-13-15-7-9-17(10-8-15)28-12-11-27-2)26-14-16-5-3-4-6-18(16)29-20(21,22)23;/h3-10H,11-14H2,1-2H3,(H2,24,25,26);1H. The minimum Gasteiger partial charge on any atom is -0.491 e. The van der Waals surface area contributed by atoms with E-state index in [2.05, 4.69) is 20.4 Å². The Morgan fingerprint density at radius 1 is 0.967 bits per heavy atom. The Kier molecular flexibility index (Phi) is 11.3. The zero-order chi connectivity index (χ0) is 21.1. The highest BCUT2D eigenvalue weighted by atomic mass is 127. The Morgan fingerprint density at radius 2 is 1.63 bits per heavy atom. The Bertz CT molecular complexity index is 787. The van der Waals surface area contributed by atoms with Crippen LogP contribution in [0, 0.1) is 0 Å². The maximum Gasteiger partial charge on any atom is 0.573 e. The number of hydrogen-bond donors (Lipinski definition) is 2. The monoisotopic (exact) mass is 539 g/mol. The molecule has 0 amide bonds. The third-order valence-electron chi connectivity index (χ3n) is 3.81. The number of benzene rings is 2. The zero-order valence-corrected chi connectivity index (χ0v) is 19.0. The average Bonchev–Trinajstić information content (AvgIpc) is 2.69. The molecule has 6 nitrogen and oxygen atoms in total. The minimum atomic E-state index is -4.74. The molecule has 30 heavy (non-hydrogen) atoms. The smallest absolute Gasteiger partial charge is 0.491 e. The first kappa shape index (κ1) is 25.8. The van der Waals surface area contributed by atoms with Gasteiger partial charge in [0.2, 0.25) is 0 Å². The number of aliphatic imine (C=N–C) groups is 1. The van der Waals surface area contributed by atoms with E-state index in [1.54, 1.807) is 26.3 Å². The van der Waals surface area contributed by atoms with Crippen molar-refractivity contribution in [1.82, 2.24) is 10.6 Å². The number of para-hydroxylation sites is 1. The summed E-state index contributed by atoms with van der Waals surface area (Å²) in [7, 11) is 3.20. The number of nitrogens with zero attached hydrogens (tertiary/aromatic N) is 1. The van der Waals surface area contributed by atoms with Crippen molar-refractivity contribution in [3.8, 4) is 11.5 Å². The number of ether oxygens (including phenoxy) is 3. The van der Waals surface area contributed by atoms with Gasteiger partial charge in [-0.3, -0.25) is 4.99 Å². The van der Waals surface area contributed by atoms with Crippen LogP contribution >= 0.6 is 24.0 Å². The van der Waals surface area contributed by atoms with Crippen LogP contribution in [0.1, 0.15) is 11.1 Å². The molecule has 0 spiro atoms. The van der Waals surface area contributed by atoms with Crippen LogP contribution in [0.3, 0.4) is 0 Å². The predicted octanol–water partition coefficient (Wildman–Crippen LogP) is 4.09. The molecule has 166 valence electrons. The molecule has 2 N–H and O–H groups in total. The molecule has 0 atom stereocenters. The van der Waals surface area contributed by atoms with E-state index in [1.807, 2.05) is 24.3 Å². The lowest BCUT2D eigenvalue weighted by molar-refractivity contribution is -0.274. The number of rotatable bonds is 9.